The topological polar surface area (TPSA) is 72.3 Å². The predicted octanol–water partition coefficient (Wildman–Crippen LogP) is 2.82. The van der Waals surface area contributed by atoms with E-state index in [4.69, 9.17) is 34.8 Å². The molecule has 2 aromatic rings. The van der Waals surface area contributed by atoms with Gasteiger partial charge in [-0.05, 0) is 25.1 Å². The van der Waals surface area contributed by atoms with Gasteiger partial charge in [-0.2, -0.15) is 9.78 Å². The lowest BCUT2D eigenvalue weighted by atomic mass is 10.2. The summed E-state index contributed by atoms with van der Waals surface area (Å²) < 4.78 is 24.8. The van der Waals surface area contributed by atoms with Crippen molar-refractivity contribution >= 4 is 50.3 Å². The van der Waals surface area contributed by atoms with Crippen LogP contribution in [0.5, 0.6) is 0 Å². The zero-order chi connectivity index (χ0) is 18.4. The Bertz CT molecular complexity index is 991. The smallest absolute Gasteiger partial charge is 0.291 e. The second-order valence-electron chi connectivity index (χ2n) is 5.78. The minimum Gasteiger partial charge on any atom is -0.368 e. The fourth-order valence-corrected chi connectivity index (χ4v) is 4.49. The van der Waals surface area contributed by atoms with E-state index in [1.807, 2.05) is 4.90 Å². The molecule has 0 bridgehead atoms. The van der Waals surface area contributed by atoms with E-state index in [1.54, 1.807) is 25.1 Å². The van der Waals surface area contributed by atoms with Crippen LogP contribution in [0.2, 0.25) is 15.1 Å². The van der Waals surface area contributed by atoms with Crippen molar-refractivity contribution in [2.45, 2.75) is 12.2 Å². The molecule has 0 spiro atoms. The van der Waals surface area contributed by atoms with Gasteiger partial charge in [-0.1, -0.05) is 34.8 Å². The van der Waals surface area contributed by atoms with Gasteiger partial charge < -0.3 is 4.90 Å². The van der Waals surface area contributed by atoms with Crippen molar-refractivity contribution in [3.05, 3.63) is 49.8 Å². The number of hydrogen-bond acceptors (Lipinski definition) is 5. The van der Waals surface area contributed by atoms with E-state index in [-0.39, 0.29) is 15.8 Å². The third kappa shape index (κ3) is 3.51. The lowest BCUT2D eigenvalue weighted by molar-refractivity contribution is 0.569. The van der Waals surface area contributed by atoms with E-state index in [0.717, 1.165) is 4.68 Å². The monoisotopic (exact) mass is 421 g/mol. The van der Waals surface area contributed by atoms with Gasteiger partial charge in [-0.15, -0.1) is 0 Å². The van der Waals surface area contributed by atoms with Gasteiger partial charge in [-0.3, -0.25) is 4.79 Å². The molecule has 25 heavy (non-hydrogen) atoms. The lowest BCUT2D eigenvalue weighted by Gasteiger charge is -2.33. The minimum absolute atomic E-state index is 0.0779. The van der Waals surface area contributed by atoms with Crippen LogP contribution in [-0.2, 0) is 9.84 Å². The third-order valence-electron chi connectivity index (χ3n) is 4.13. The van der Waals surface area contributed by atoms with Crippen LogP contribution in [0.25, 0.3) is 5.69 Å². The van der Waals surface area contributed by atoms with E-state index in [2.05, 4.69) is 5.10 Å². The summed E-state index contributed by atoms with van der Waals surface area (Å²) >= 11 is 18.0. The molecule has 1 aromatic heterocycles. The molecule has 0 radical (unpaired) electrons. The predicted molar refractivity (Wildman–Crippen MR) is 100 cm³/mol. The van der Waals surface area contributed by atoms with E-state index in [1.165, 1.54) is 6.20 Å². The Morgan fingerprint density at radius 3 is 2.56 bits per heavy atom. The number of aromatic nitrogens is 2. The van der Waals surface area contributed by atoms with Gasteiger partial charge in [0.25, 0.3) is 5.56 Å². The van der Waals surface area contributed by atoms with Crippen LogP contribution in [0.1, 0.15) is 6.92 Å². The molecule has 1 fully saturated rings. The molecule has 134 valence electrons. The lowest BCUT2D eigenvalue weighted by Crippen LogP contribution is -2.45. The molecule has 3 rings (SSSR count). The van der Waals surface area contributed by atoms with Crippen molar-refractivity contribution in [1.29, 1.82) is 0 Å². The molecule has 2 heterocycles. The zero-order valence-corrected chi connectivity index (χ0v) is 16.2. The van der Waals surface area contributed by atoms with Crippen molar-refractivity contribution in [2.75, 3.05) is 23.7 Å². The number of rotatable bonds is 2. The molecular weight excluding hydrogens is 409 g/mol. The molecule has 1 aliphatic rings. The highest BCUT2D eigenvalue weighted by Gasteiger charge is 2.30. The molecule has 1 saturated heterocycles. The molecule has 0 N–H and O–H groups in total. The summed E-state index contributed by atoms with van der Waals surface area (Å²) in [5.41, 5.74) is 0.603. The van der Waals surface area contributed by atoms with Crippen molar-refractivity contribution < 1.29 is 8.42 Å². The van der Waals surface area contributed by atoms with Crippen LogP contribution in [0.4, 0.5) is 5.69 Å². The first-order valence-corrected chi connectivity index (χ1v) is 10.3. The standard InChI is InChI=1S/C15H14Cl3N3O3S/c1-9-8-20(4-5-25(9,23)24)13-3-2-10(6-11(13)16)21-15(22)14(18)12(17)7-19-21/h2-3,6-7,9H,4-5,8H2,1H3. The van der Waals surface area contributed by atoms with Crippen LogP contribution in [0.3, 0.4) is 0 Å². The maximum atomic E-state index is 12.2. The van der Waals surface area contributed by atoms with Crippen LogP contribution in [-0.4, -0.2) is 42.3 Å². The van der Waals surface area contributed by atoms with Gasteiger partial charge in [-0.25, -0.2) is 8.42 Å². The van der Waals surface area contributed by atoms with Gasteiger partial charge in [0.05, 0.1) is 38.6 Å². The molecule has 1 aliphatic heterocycles. The molecule has 0 aliphatic carbocycles. The van der Waals surface area contributed by atoms with E-state index < -0.39 is 20.6 Å². The largest absolute Gasteiger partial charge is 0.368 e. The van der Waals surface area contributed by atoms with Crippen molar-refractivity contribution in [1.82, 2.24) is 9.78 Å². The first kappa shape index (κ1) is 18.5. The van der Waals surface area contributed by atoms with Crippen LogP contribution < -0.4 is 10.5 Å². The Balaban J connectivity index is 1.95. The quantitative estimate of drug-likeness (QED) is 0.744. The second-order valence-corrected chi connectivity index (χ2v) is 9.51. The van der Waals surface area contributed by atoms with Gasteiger partial charge >= 0.3 is 0 Å². The fraction of sp³-hybridized carbons (Fsp3) is 0.333. The maximum Gasteiger partial charge on any atom is 0.291 e. The van der Waals surface area contributed by atoms with E-state index >= 15 is 0 Å². The number of nitrogens with zero attached hydrogens (tertiary/aromatic N) is 3. The average Bonchev–Trinajstić information content (AvgIpc) is 2.55. The van der Waals surface area contributed by atoms with Crippen LogP contribution >= 0.6 is 34.8 Å². The second kappa shape index (κ2) is 6.79. The highest BCUT2D eigenvalue weighted by molar-refractivity contribution is 7.92. The maximum absolute atomic E-state index is 12.2. The SMILES string of the molecule is CC1CN(c2ccc(-n3ncc(Cl)c(Cl)c3=O)cc2Cl)CCS1(=O)=O. The Kier molecular flexibility index (Phi) is 5.03. The molecule has 1 atom stereocenters. The Morgan fingerprint density at radius 2 is 1.92 bits per heavy atom. The summed E-state index contributed by atoms with van der Waals surface area (Å²) in [6, 6.07) is 5.00. The third-order valence-corrected chi connectivity index (χ3v) is 7.31. The molecule has 6 nitrogen and oxygen atoms in total. The average molecular weight is 423 g/mol. The molecule has 1 unspecified atom stereocenters. The first-order valence-electron chi connectivity index (χ1n) is 7.40. The fourth-order valence-electron chi connectivity index (χ4n) is 2.65. The molecule has 1 aromatic carbocycles. The molecular formula is C15H14Cl3N3O3S. The van der Waals surface area contributed by atoms with Crippen LogP contribution in [0.15, 0.2) is 29.2 Å². The number of halogens is 3. The number of anilines is 1. The summed E-state index contributed by atoms with van der Waals surface area (Å²) in [6.07, 6.45) is 1.28. The summed E-state index contributed by atoms with van der Waals surface area (Å²) in [5.74, 6) is 0.0834. The summed E-state index contributed by atoms with van der Waals surface area (Å²) in [5, 5.41) is 3.85. The van der Waals surface area contributed by atoms with Gasteiger partial charge in [0.2, 0.25) is 0 Å². The van der Waals surface area contributed by atoms with Gasteiger partial charge in [0.15, 0.2) is 9.84 Å². The molecule has 10 heteroatoms. The number of benzene rings is 1. The first-order chi connectivity index (χ1) is 11.7. The van der Waals surface area contributed by atoms with E-state index in [9.17, 15) is 13.2 Å². The Morgan fingerprint density at radius 1 is 1.20 bits per heavy atom. The Labute approximate surface area is 159 Å². The Hall–Kier alpha value is -1.28. The molecule has 0 saturated carbocycles. The zero-order valence-electron chi connectivity index (χ0n) is 13.1. The number of hydrogen-bond donors (Lipinski definition) is 0. The highest BCUT2D eigenvalue weighted by Crippen LogP contribution is 2.30. The van der Waals surface area contributed by atoms with E-state index in [0.29, 0.717) is 29.5 Å². The van der Waals surface area contributed by atoms with Crippen molar-refractivity contribution in [3.8, 4) is 5.69 Å². The van der Waals surface area contributed by atoms with Crippen molar-refractivity contribution in [3.63, 3.8) is 0 Å². The van der Waals surface area contributed by atoms with Gasteiger partial charge in [0.1, 0.15) is 5.02 Å². The summed E-state index contributed by atoms with van der Waals surface area (Å²) in [7, 11) is -3.05. The minimum atomic E-state index is -3.05. The van der Waals surface area contributed by atoms with Crippen LogP contribution in [0, 0.1) is 0 Å². The molecule has 0 amide bonds. The number of sulfone groups is 1. The highest BCUT2D eigenvalue weighted by atomic mass is 35.5. The van der Waals surface area contributed by atoms with Crippen molar-refractivity contribution in [2.24, 2.45) is 0 Å². The summed E-state index contributed by atoms with van der Waals surface area (Å²) in [4.78, 5) is 14.1. The summed E-state index contributed by atoms with van der Waals surface area (Å²) in [6.45, 7) is 2.42. The normalized spacial score (nSPS) is 19.8. The van der Waals surface area contributed by atoms with Gasteiger partial charge in [0, 0.05) is 13.1 Å².